The van der Waals surface area contributed by atoms with Gasteiger partial charge in [0.2, 0.25) is 16.0 Å². The number of halogens is 2. The molecule has 0 unspecified atom stereocenters. The van der Waals surface area contributed by atoms with Gasteiger partial charge in [-0.25, -0.2) is 17.8 Å². The van der Waals surface area contributed by atoms with Crippen LogP contribution in [0.3, 0.4) is 0 Å². The maximum Gasteiger partial charge on any atom is 0.254 e. The van der Waals surface area contributed by atoms with Crippen LogP contribution in [0.25, 0.3) is 0 Å². The summed E-state index contributed by atoms with van der Waals surface area (Å²) in [5, 5.41) is 2.50. The van der Waals surface area contributed by atoms with Crippen molar-refractivity contribution in [1.82, 2.24) is 10.3 Å². The topological polar surface area (TPSA) is 88.2 Å². The maximum atomic E-state index is 13.6. The number of nitrogens with one attached hydrogen (secondary N) is 2. The molecule has 2 N–H and O–H groups in total. The van der Waals surface area contributed by atoms with Crippen LogP contribution in [-0.4, -0.2) is 25.6 Å². The molecule has 6 nitrogen and oxygen atoms in total. The van der Waals surface area contributed by atoms with Gasteiger partial charge in [0.25, 0.3) is 5.91 Å². The summed E-state index contributed by atoms with van der Waals surface area (Å²) in [4.78, 5) is 15.2. The van der Waals surface area contributed by atoms with Crippen molar-refractivity contribution < 1.29 is 22.0 Å². The number of hydrogen-bond donors (Lipinski definition) is 2. The van der Waals surface area contributed by atoms with Crippen LogP contribution in [0, 0.1) is 11.8 Å². The second kappa shape index (κ2) is 6.91. The van der Waals surface area contributed by atoms with Gasteiger partial charge >= 0.3 is 0 Å². The molecule has 128 valence electrons. The van der Waals surface area contributed by atoms with Crippen LogP contribution in [-0.2, 0) is 10.0 Å². The Morgan fingerprint density at radius 1 is 1.21 bits per heavy atom. The average molecular weight is 355 g/mol. The Balaban J connectivity index is 2.25. The van der Waals surface area contributed by atoms with Crippen LogP contribution in [0.5, 0.6) is 0 Å². The summed E-state index contributed by atoms with van der Waals surface area (Å²) < 4.78 is 51.9. The molecule has 0 aliphatic rings. The van der Waals surface area contributed by atoms with Crippen molar-refractivity contribution in [2.24, 2.45) is 0 Å². The van der Waals surface area contributed by atoms with E-state index in [4.69, 9.17) is 0 Å². The number of benzene rings is 1. The van der Waals surface area contributed by atoms with E-state index in [1.807, 2.05) is 0 Å². The van der Waals surface area contributed by atoms with Crippen LogP contribution >= 0.6 is 0 Å². The van der Waals surface area contributed by atoms with Crippen LogP contribution in [0.4, 0.5) is 14.5 Å². The first-order valence-electron chi connectivity index (χ1n) is 6.86. The Morgan fingerprint density at radius 2 is 1.88 bits per heavy atom. The highest BCUT2D eigenvalue weighted by atomic mass is 32.2. The van der Waals surface area contributed by atoms with Crippen molar-refractivity contribution in [3.05, 3.63) is 59.4 Å². The van der Waals surface area contributed by atoms with E-state index in [0.717, 1.165) is 18.5 Å². The molecule has 1 aromatic carbocycles. The molecular formula is C15H15F2N3O3S. The van der Waals surface area contributed by atoms with Gasteiger partial charge in [0.15, 0.2) is 5.82 Å². The Hall–Kier alpha value is -2.55. The summed E-state index contributed by atoms with van der Waals surface area (Å²) in [5.74, 6) is -3.55. The zero-order valence-electron chi connectivity index (χ0n) is 12.9. The lowest BCUT2D eigenvalue weighted by atomic mass is 10.1. The normalized spacial score (nSPS) is 12.5. The number of amides is 1. The van der Waals surface area contributed by atoms with E-state index in [9.17, 15) is 22.0 Å². The molecule has 0 bridgehead atoms. The molecule has 2 aromatic rings. The Bertz CT molecular complexity index is 872. The molecule has 0 aliphatic carbocycles. The molecule has 0 aliphatic heterocycles. The molecule has 1 atom stereocenters. The molecule has 0 saturated carbocycles. The van der Waals surface area contributed by atoms with Crippen molar-refractivity contribution in [3.8, 4) is 0 Å². The second-order valence-corrected chi connectivity index (χ2v) is 6.87. The molecule has 24 heavy (non-hydrogen) atoms. The number of carbonyl (C=O) groups excluding carboxylic acids is 1. The van der Waals surface area contributed by atoms with Crippen molar-refractivity contribution in [2.45, 2.75) is 13.0 Å². The molecule has 1 aromatic heterocycles. The highest BCUT2D eigenvalue weighted by molar-refractivity contribution is 7.92. The van der Waals surface area contributed by atoms with E-state index in [1.54, 1.807) is 25.1 Å². The summed E-state index contributed by atoms with van der Waals surface area (Å²) in [5.41, 5.74) is 0.281. The molecule has 1 heterocycles. The van der Waals surface area contributed by atoms with E-state index in [-0.39, 0.29) is 5.69 Å². The largest absolute Gasteiger partial charge is 0.345 e. The zero-order chi connectivity index (χ0) is 17.9. The Labute approximate surface area is 138 Å². The minimum Gasteiger partial charge on any atom is -0.345 e. The molecule has 0 fully saturated rings. The summed E-state index contributed by atoms with van der Waals surface area (Å²) in [6, 6.07) is 6.84. The molecular weight excluding hydrogens is 340 g/mol. The predicted octanol–water partition coefficient (Wildman–Crippen LogP) is 2.22. The zero-order valence-corrected chi connectivity index (χ0v) is 13.7. The van der Waals surface area contributed by atoms with Crippen LogP contribution in [0.15, 0.2) is 36.5 Å². The molecule has 1 amide bonds. The lowest BCUT2D eigenvalue weighted by molar-refractivity contribution is 0.0934. The van der Waals surface area contributed by atoms with Gasteiger partial charge in [-0.1, -0.05) is 18.2 Å². The SMILES string of the molecule is C[C@@H](NC(=O)c1ccnc(F)c1F)c1ccccc1NS(C)(=O)=O. The lowest BCUT2D eigenvalue weighted by Gasteiger charge is -2.18. The van der Waals surface area contributed by atoms with E-state index in [0.29, 0.717) is 5.56 Å². The Morgan fingerprint density at radius 3 is 2.54 bits per heavy atom. The average Bonchev–Trinajstić information content (AvgIpc) is 2.48. The first-order valence-corrected chi connectivity index (χ1v) is 8.76. The predicted molar refractivity (Wildman–Crippen MR) is 84.9 cm³/mol. The minimum absolute atomic E-state index is 0.286. The van der Waals surface area contributed by atoms with E-state index >= 15 is 0 Å². The summed E-state index contributed by atoms with van der Waals surface area (Å²) in [6.45, 7) is 1.59. The number of para-hydroxylation sites is 1. The van der Waals surface area contributed by atoms with Crippen LogP contribution in [0.2, 0.25) is 0 Å². The third-order valence-corrected chi connectivity index (χ3v) is 3.75. The van der Waals surface area contributed by atoms with Gasteiger partial charge in [0, 0.05) is 6.20 Å². The number of hydrogen-bond acceptors (Lipinski definition) is 4. The smallest absolute Gasteiger partial charge is 0.254 e. The highest BCUT2D eigenvalue weighted by Gasteiger charge is 2.20. The standard InChI is InChI=1S/C15H15F2N3O3S/c1-9(10-5-3-4-6-12(10)20-24(2,22)23)19-15(21)11-7-8-18-14(17)13(11)16/h3-9,20H,1-2H3,(H,19,21)/t9-/m1/s1. The lowest BCUT2D eigenvalue weighted by Crippen LogP contribution is -2.28. The van der Waals surface area contributed by atoms with Crippen molar-refractivity contribution in [2.75, 3.05) is 11.0 Å². The fourth-order valence-electron chi connectivity index (χ4n) is 2.11. The fraction of sp³-hybridized carbons (Fsp3) is 0.200. The monoisotopic (exact) mass is 355 g/mol. The van der Waals surface area contributed by atoms with Crippen molar-refractivity contribution in [1.29, 1.82) is 0 Å². The number of aromatic nitrogens is 1. The number of rotatable bonds is 5. The van der Waals surface area contributed by atoms with Crippen molar-refractivity contribution in [3.63, 3.8) is 0 Å². The molecule has 9 heteroatoms. The quantitative estimate of drug-likeness (QED) is 0.805. The van der Waals surface area contributed by atoms with Gasteiger partial charge < -0.3 is 5.32 Å². The van der Waals surface area contributed by atoms with Gasteiger partial charge in [0.1, 0.15) is 0 Å². The first-order chi connectivity index (χ1) is 11.2. The van der Waals surface area contributed by atoms with Gasteiger partial charge in [-0.15, -0.1) is 0 Å². The van der Waals surface area contributed by atoms with Crippen molar-refractivity contribution >= 4 is 21.6 Å². The van der Waals surface area contributed by atoms with Gasteiger partial charge in [-0.3, -0.25) is 9.52 Å². The number of nitrogens with zero attached hydrogens (tertiary/aromatic N) is 1. The molecule has 0 spiro atoms. The van der Waals surface area contributed by atoms with Crippen LogP contribution < -0.4 is 10.0 Å². The van der Waals surface area contributed by atoms with Gasteiger partial charge in [-0.2, -0.15) is 4.39 Å². The first kappa shape index (κ1) is 17.8. The summed E-state index contributed by atoms with van der Waals surface area (Å²) >= 11 is 0. The van der Waals surface area contributed by atoms with Gasteiger partial charge in [0.05, 0.1) is 23.5 Å². The third-order valence-electron chi connectivity index (χ3n) is 3.16. The fourth-order valence-corrected chi connectivity index (χ4v) is 2.70. The van der Waals surface area contributed by atoms with Crippen LogP contribution in [0.1, 0.15) is 28.9 Å². The van der Waals surface area contributed by atoms with E-state index < -0.39 is 39.3 Å². The molecule has 0 saturated heterocycles. The van der Waals surface area contributed by atoms with E-state index in [1.165, 1.54) is 6.07 Å². The number of pyridine rings is 1. The maximum absolute atomic E-state index is 13.6. The van der Waals surface area contributed by atoms with E-state index in [2.05, 4.69) is 15.0 Å². The number of sulfonamides is 1. The summed E-state index contributed by atoms with van der Waals surface area (Å²) in [7, 11) is -3.51. The molecule has 0 radical (unpaired) electrons. The second-order valence-electron chi connectivity index (χ2n) is 5.12. The molecule has 2 rings (SSSR count). The Kier molecular flexibility index (Phi) is 5.13. The number of anilines is 1. The van der Waals surface area contributed by atoms with Gasteiger partial charge in [-0.05, 0) is 24.6 Å². The minimum atomic E-state index is -3.51. The third kappa shape index (κ3) is 4.25. The highest BCUT2D eigenvalue weighted by Crippen LogP contribution is 2.24. The summed E-state index contributed by atoms with van der Waals surface area (Å²) in [6.07, 6.45) is 1.99. The number of carbonyl (C=O) groups is 1.